The summed E-state index contributed by atoms with van der Waals surface area (Å²) < 4.78 is 5.30. The number of amides is 1. The topological polar surface area (TPSA) is 42.4 Å². The van der Waals surface area contributed by atoms with Crippen molar-refractivity contribution in [3.63, 3.8) is 0 Å². The molecular formula is C22H28N2O2. The highest BCUT2D eigenvalue weighted by molar-refractivity contribution is 5.76. The van der Waals surface area contributed by atoms with E-state index in [9.17, 15) is 4.79 Å². The summed E-state index contributed by atoms with van der Waals surface area (Å²) in [5, 5.41) is 0. The Morgan fingerprint density at radius 2 is 2.12 bits per heavy atom. The number of ether oxygens (including phenoxy) is 1. The van der Waals surface area contributed by atoms with Gasteiger partial charge in [-0.2, -0.15) is 0 Å². The minimum atomic E-state index is 0.278. The molecule has 4 nitrogen and oxygen atoms in total. The molecule has 2 heterocycles. The molecule has 0 radical (unpaired) electrons. The number of likely N-dealkylation sites (tertiary alicyclic amines) is 1. The predicted molar refractivity (Wildman–Crippen MR) is 103 cm³/mol. The molecule has 0 saturated carbocycles. The maximum Gasteiger partial charge on any atom is 0.222 e. The van der Waals surface area contributed by atoms with Crippen molar-refractivity contribution in [2.24, 2.45) is 5.92 Å². The van der Waals surface area contributed by atoms with E-state index in [0.717, 1.165) is 50.1 Å². The average Bonchev–Trinajstić information content (AvgIpc) is 2.71. The lowest BCUT2D eigenvalue weighted by molar-refractivity contribution is -0.133. The number of aromatic nitrogens is 1. The summed E-state index contributed by atoms with van der Waals surface area (Å²) >= 11 is 0. The van der Waals surface area contributed by atoms with Crippen LogP contribution in [0.5, 0.6) is 5.75 Å². The largest absolute Gasteiger partial charge is 0.497 e. The van der Waals surface area contributed by atoms with Crippen LogP contribution < -0.4 is 4.74 Å². The van der Waals surface area contributed by atoms with Crippen LogP contribution in [0.25, 0.3) is 0 Å². The highest BCUT2D eigenvalue weighted by atomic mass is 16.5. The van der Waals surface area contributed by atoms with E-state index in [-0.39, 0.29) is 5.91 Å². The Balaban J connectivity index is 1.46. The lowest BCUT2D eigenvalue weighted by Gasteiger charge is -2.33. The molecule has 1 atom stereocenters. The molecule has 2 aromatic rings. The van der Waals surface area contributed by atoms with Gasteiger partial charge in [-0.3, -0.25) is 9.78 Å². The molecule has 1 aromatic carbocycles. The van der Waals surface area contributed by atoms with Crippen LogP contribution in [0, 0.1) is 5.92 Å². The number of hydrogen-bond donors (Lipinski definition) is 0. The molecule has 1 aliphatic heterocycles. The number of hydrogen-bond acceptors (Lipinski definition) is 3. The molecule has 4 heteroatoms. The zero-order chi connectivity index (χ0) is 18.2. The highest BCUT2D eigenvalue weighted by Crippen LogP contribution is 2.23. The van der Waals surface area contributed by atoms with Gasteiger partial charge in [-0.05, 0) is 67.3 Å². The maximum absolute atomic E-state index is 12.6. The van der Waals surface area contributed by atoms with E-state index in [0.29, 0.717) is 12.3 Å². The smallest absolute Gasteiger partial charge is 0.222 e. The lowest BCUT2D eigenvalue weighted by atomic mass is 9.91. The molecule has 138 valence electrons. The fourth-order valence-corrected chi connectivity index (χ4v) is 3.68. The van der Waals surface area contributed by atoms with Gasteiger partial charge in [-0.1, -0.05) is 18.2 Å². The van der Waals surface area contributed by atoms with Gasteiger partial charge in [0.05, 0.1) is 7.11 Å². The second-order valence-corrected chi connectivity index (χ2v) is 7.10. The molecule has 1 amide bonds. The van der Waals surface area contributed by atoms with Gasteiger partial charge in [0.2, 0.25) is 5.91 Å². The van der Waals surface area contributed by atoms with E-state index < -0.39 is 0 Å². The maximum atomic E-state index is 12.6. The minimum Gasteiger partial charge on any atom is -0.497 e. The van der Waals surface area contributed by atoms with Gasteiger partial charge in [0.1, 0.15) is 5.75 Å². The highest BCUT2D eigenvalue weighted by Gasteiger charge is 2.23. The molecule has 1 aliphatic rings. The molecule has 0 unspecified atom stereocenters. The van der Waals surface area contributed by atoms with Crippen molar-refractivity contribution in [1.29, 1.82) is 0 Å². The Kier molecular flexibility index (Phi) is 6.64. The molecule has 1 fully saturated rings. The summed E-state index contributed by atoms with van der Waals surface area (Å²) in [6.45, 7) is 1.80. The predicted octanol–water partition coefficient (Wildman–Crippen LogP) is 3.89. The van der Waals surface area contributed by atoms with Gasteiger partial charge >= 0.3 is 0 Å². The Morgan fingerprint density at radius 1 is 1.23 bits per heavy atom. The second kappa shape index (κ2) is 9.37. The first-order valence-corrected chi connectivity index (χ1v) is 9.54. The minimum absolute atomic E-state index is 0.278. The van der Waals surface area contributed by atoms with Crippen molar-refractivity contribution >= 4 is 5.91 Å². The van der Waals surface area contributed by atoms with E-state index in [2.05, 4.69) is 22.0 Å². The Bertz CT molecular complexity index is 702. The third kappa shape index (κ3) is 5.32. The molecule has 1 aromatic heterocycles. The van der Waals surface area contributed by atoms with Crippen LogP contribution in [-0.2, 0) is 17.6 Å². The molecule has 0 N–H and O–H groups in total. The molecule has 0 spiro atoms. The lowest BCUT2D eigenvalue weighted by Crippen LogP contribution is -2.40. The van der Waals surface area contributed by atoms with Crippen LogP contribution >= 0.6 is 0 Å². The first-order chi connectivity index (χ1) is 12.7. The van der Waals surface area contributed by atoms with Gasteiger partial charge in [-0.25, -0.2) is 0 Å². The average molecular weight is 352 g/mol. The quantitative estimate of drug-likeness (QED) is 0.759. The molecule has 3 rings (SSSR count). The third-order valence-corrected chi connectivity index (χ3v) is 5.20. The first kappa shape index (κ1) is 18.4. The molecule has 26 heavy (non-hydrogen) atoms. The number of pyridine rings is 1. The number of piperidine rings is 1. The van der Waals surface area contributed by atoms with E-state index in [4.69, 9.17) is 4.74 Å². The standard InChI is InChI=1S/C22H28N2O2/c1-26-21-8-2-5-18(15-21)9-10-20-7-4-14-24(17-20)22(25)12-11-19-6-3-13-23-16-19/h2-3,5-6,8,13,15-16,20H,4,7,9-12,14,17H2,1H3/t20-/m1/s1. The monoisotopic (exact) mass is 352 g/mol. The number of carbonyl (C=O) groups is 1. The fraction of sp³-hybridized carbons (Fsp3) is 0.455. The van der Waals surface area contributed by atoms with E-state index in [1.807, 2.05) is 30.5 Å². The van der Waals surface area contributed by atoms with Gasteiger partial charge in [0.15, 0.2) is 0 Å². The number of benzene rings is 1. The summed E-state index contributed by atoms with van der Waals surface area (Å²) in [5.41, 5.74) is 2.44. The molecule has 0 aliphatic carbocycles. The number of nitrogens with zero attached hydrogens (tertiary/aromatic N) is 2. The molecular weight excluding hydrogens is 324 g/mol. The molecule has 0 bridgehead atoms. The zero-order valence-corrected chi connectivity index (χ0v) is 15.6. The van der Waals surface area contributed by atoms with Crippen molar-refractivity contribution in [2.75, 3.05) is 20.2 Å². The van der Waals surface area contributed by atoms with Gasteiger partial charge < -0.3 is 9.64 Å². The zero-order valence-electron chi connectivity index (χ0n) is 15.6. The SMILES string of the molecule is COc1cccc(CC[C@H]2CCCN(C(=O)CCc3cccnc3)C2)c1. The van der Waals surface area contributed by atoms with Crippen LogP contribution in [0.3, 0.4) is 0 Å². The van der Waals surface area contributed by atoms with Crippen LogP contribution in [0.15, 0.2) is 48.8 Å². The molecule has 1 saturated heterocycles. The van der Waals surface area contributed by atoms with Gasteiger partial charge in [0, 0.05) is 31.9 Å². The summed E-state index contributed by atoms with van der Waals surface area (Å²) in [7, 11) is 1.70. The first-order valence-electron chi connectivity index (χ1n) is 9.54. The number of aryl methyl sites for hydroxylation is 2. The van der Waals surface area contributed by atoms with E-state index in [1.54, 1.807) is 13.3 Å². The van der Waals surface area contributed by atoms with E-state index in [1.165, 1.54) is 12.0 Å². The van der Waals surface area contributed by atoms with Crippen molar-refractivity contribution in [2.45, 2.75) is 38.5 Å². The normalized spacial score (nSPS) is 17.1. The number of methoxy groups -OCH3 is 1. The van der Waals surface area contributed by atoms with Crippen LogP contribution in [-0.4, -0.2) is 36.0 Å². The van der Waals surface area contributed by atoms with Crippen LogP contribution in [0.4, 0.5) is 0 Å². The number of rotatable bonds is 7. The van der Waals surface area contributed by atoms with Crippen molar-refractivity contribution in [1.82, 2.24) is 9.88 Å². The summed E-state index contributed by atoms with van der Waals surface area (Å²) in [6, 6.07) is 12.3. The van der Waals surface area contributed by atoms with Crippen molar-refractivity contribution < 1.29 is 9.53 Å². The Hall–Kier alpha value is -2.36. The van der Waals surface area contributed by atoms with E-state index >= 15 is 0 Å². The summed E-state index contributed by atoms with van der Waals surface area (Å²) in [5.74, 6) is 1.79. The Morgan fingerprint density at radius 3 is 2.92 bits per heavy atom. The summed E-state index contributed by atoms with van der Waals surface area (Å²) in [4.78, 5) is 18.7. The number of carbonyl (C=O) groups excluding carboxylic acids is 1. The summed E-state index contributed by atoms with van der Waals surface area (Å²) in [6.07, 6.45) is 9.46. The van der Waals surface area contributed by atoms with Crippen LogP contribution in [0.1, 0.15) is 36.8 Å². The second-order valence-electron chi connectivity index (χ2n) is 7.10. The van der Waals surface area contributed by atoms with Gasteiger partial charge in [0.25, 0.3) is 0 Å². The van der Waals surface area contributed by atoms with Gasteiger partial charge in [-0.15, -0.1) is 0 Å². The van der Waals surface area contributed by atoms with Crippen molar-refractivity contribution in [3.05, 3.63) is 59.9 Å². The Labute approximate surface area is 156 Å². The van der Waals surface area contributed by atoms with Crippen LogP contribution in [0.2, 0.25) is 0 Å². The van der Waals surface area contributed by atoms with Crippen molar-refractivity contribution in [3.8, 4) is 5.75 Å². The third-order valence-electron chi connectivity index (χ3n) is 5.20. The fourth-order valence-electron chi connectivity index (χ4n) is 3.68.